The van der Waals surface area contributed by atoms with Crippen molar-refractivity contribution in [3.8, 4) is 5.69 Å². The molecule has 0 spiro atoms. The summed E-state index contributed by atoms with van der Waals surface area (Å²) in [6.45, 7) is 0. The summed E-state index contributed by atoms with van der Waals surface area (Å²) in [5, 5.41) is 17.3. The molecule has 0 saturated heterocycles. The molecule has 1 heterocycles. The van der Waals surface area contributed by atoms with Crippen molar-refractivity contribution in [2.75, 3.05) is 5.32 Å². The van der Waals surface area contributed by atoms with E-state index in [2.05, 4.69) is 10.4 Å². The number of nitrogens with zero attached hydrogens (tertiary/aromatic N) is 2. The summed E-state index contributed by atoms with van der Waals surface area (Å²) in [7, 11) is 0. The van der Waals surface area contributed by atoms with Gasteiger partial charge in [-0.3, -0.25) is 20.0 Å². The van der Waals surface area contributed by atoms with Crippen LogP contribution in [0, 0.1) is 10.1 Å². The Morgan fingerprint density at radius 3 is 2.23 bits per heavy atom. The number of hydrogen-bond donors (Lipinski definition) is 2. The summed E-state index contributed by atoms with van der Waals surface area (Å²) in [5.74, 6) is 0.310. The SMILES string of the molecule is O=c1cc(Nc2ccc(Cl)cc2Cl)[nH]n1-c1c(Cl)cc([N+](=O)[O-])cc1Cl. The number of halogens is 4. The molecule has 0 amide bonds. The van der Waals surface area contributed by atoms with Crippen molar-refractivity contribution in [1.29, 1.82) is 0 Å². The number of benzene rings is 2. The highest BCUT2D eigenvalue weighted by Gasteiger charge is 2.18. The summed E-state index contributed by atoms with van der Waals surface area (Å²) in [4.78, 5) is 22.5. The number of nitro groups is 1. The third kappa shape index (κ3) is 3.66. The third-order valence-electron chi connectivity index (χ3n) is 3.36. The van der Waals surface area contributed by atoms with Gasteiger partial charge in [-0.1, -0.05) is 46.4 Å². The van der Waals surface area contributed by atoms with Gasteiger partial charge in [0.15, 0.2) is 0 Å². The minimum atomic E-state index is -0.630. The number of hydrogen-bond acceptors (Lipinski definition) is 4. The molecule has 0 aliphatic heterocycles. The first kappa shape index (κ1) is 18.6. The van der Waals surface area contributed by atoms with Crippen molar-refractivity contribution < 1.29 is 4.92 Å². The van der Waals surface area contributed by atoms with Gasteiger partial charge in [0.2, 0.25) is 0 Å². The van der Waals surface area contributed by atoms with Crippen LogP contribution in [-0.2, 0) is 0 Å². The van der Waals surface area contributed by atoms with Gasteiger partial charge in [-0.25, -0.2) is 4.68 Å². The largest absolute Gasteiger partial charge is 0.339 e. The van der Waals surface area contributed by atoms with Gasteiger partial charge in [0.1, 0.15) is 11.5 Å². The highest BCUT2D eigenvalue weighted by Crippen LogP contribution is 2.33. The van der Waals surface area contributed by atoms with Crippen molar-refractivity contribution in [1.82, 2.24) is 9.78 Å². The minimum Gasteiger partial charge on any atom is -0.339 e. The topological polar surface area (TPSA) is 93.0 Å². The summed E-state index contributed by atoms with van der Waals surface area (Å²) >= 11 is 24.1. The van der Waals surface area contributed by atoms with Gasteiger partial charge in [-0.05, 0) is 18.2 Å². The Morgan fingerprint density at radius 2 is 1.65 bits per heavy atom. The van der Waals surface area contributed by atoms with E-state index >= 15 is 0 Å². The molecule has 134 valence electrons. The molecule has 0 bridgehead atoms. The van der Waals surface area contributed by atoms with E-state index in [1.807, 2.05) is 0 Å². The molecule has 26 heavy (non-hydrogen) atoms. The van der Waals surface area contributed by atoms with Gasteiger partial charge in [0.25, 0.3) is 11.2 Å². The zero-order valence-electron chi connectivity index (χ0n) is 12.6. The van der Waals surface area contributed by atoms with Crippen LogP contribution in [0.5, 0.6) is 0 Å². The Morgan fingerprint density at radius 1 is 1.00 bits per heavy atom. The molecule has 2 N–H and O–H groups in total. The first-order chi connectivity index (χ1) is 12.3. The fraction of sp³-hybridized carbons (Fsp3) is 0. The summed E-state index contributed by atoms with van der Waals surface area (Å²) in [6, 6.07) is 8.31. The molecule has 0 fully saturated rings. The van der Waals surface area contributed by atoms with Crippen LogP contribution < -0.4 is 10.9 Å². The van der Waals surface area contributed by atoms with Gasteiger partial charge in [0, 0.05) is 23.2 Å². The van der Waals surface area contributed by atoms with E-state index in [0.717, 1.165) is 16.8 Å². The Kier molecular flexibility index (Phi) is 5.15. The van der Waals surface area contributed by atoms with Crippen LogP contribution in [0.3, 0.4) is 0 Å². The lowest BCUT2D eigenvalue weighted by Gasteiger charge is -2.09. The maximum absolute atomic E-state index is 12.3. The molecule has 2 aromatic carbocycles. The molecule has 3 rings (SSSR count). The van der Waals surface area contributed by atoms with E-state index in [9.17, 15) is 14.9 Å². The van der Waals surface area contributed by atoms with Gasteiger partial charge >= 0.3 is 0 Å². The number of non-ortho nitro benzene ring substituents is 1. The standard InChI is InChI=1S/C15H8Cl4N4O3/c16-7-1-2-12(9(17)3-7)20-13-6-14(24)22(21-13)15-10(18)4-8(23(25)26)5-11(15)19/h1-6,20-21H. The zero-order chi connectivity index (χ0) is 19.0. The molecular formula is C15H8Cl4N4O3. The van der Waals surface area contributed by atoms with Gasteiger partial charge in [-0.2, -0.15) is 0 Å². The number of H-pyrrole nitrogens is 1. The van der Waals surface area contributed by atoms with Crippen molar-refractivity contribution in [2.24, 2.45) is 0 Å². The molecule has 1 aromatic heterocycles. The first-order valence-corrected chi connectivity index (χ1v) is 8.45. The van der Waals surface area contributed by atoms with Crippen LogP contribution in [0.1, 0.15) is 0 Å². The number of rotatable bonds is 4. The van der Waals surface area contributed by atoms with E-state index in [4.69, 9.17) is 46.4 Å². The average molecular weight is 434 g/mol. The normalized spacial score (nSPS) is 10.8. The van der Waals surface area contributed by atoms with Crippen molar-refractivity contribution >= 4 is 63.6 Å². The molecule has 0 unspecified atom stereocenters. The fourth-order valence-electron chi connectivity index (χ4n) is 2.23. The van der Waals surface area contributed by atoms with Crippen LogP contribution in [0.25, 0.3) is 5.69 Å². The second-order valence-corrected chi connectivity index (χ2v) is 6.77. The smallest absolute Gasteiger partial charge is 0.273 e. The van der Waals surface area contributed by atoms with E-state index in [-0.39, 0.29) is 21.4 Å². The van der Waals surface area contributed by atoms with Crippen molar-refractivity contribution in [3.05, 3.63) is 77.0 Å². The highest BCUT2D eigenvalue weighted by atomic mass is 35.5. The molecular weight excluding hydrogens is 426 g/mol. The Balaban J connectivity index is 2.01. The number of anilines is 2. The highest BCUT2D eigenvalue weighted by molar-refractivity contribution is 6.38. The Labute approximate surface area is 166 Å². The molecule has 0 atom stereocenters. The fourth-order valence-corrected chi connectivity index (χ4v) is 3.33. The summed E-state index contributed by atoms with van der Waals surface area (Å²) in [6.07, 6.45) is 0. The van der Waals surface area contributed by atoms with Crippen LogP contribution in [0.15, 0.2) is 41.2 Å². The predicted molar refractivity (Wildman–Crippen MR) is 103 cm³/mol. The quantitative estimate of drug-likeness (QED) is 0.423. The summed E-state index contributed by atoms with van der Waals surface area (Å²) < 4.78 is 1.07. The molecule has 7 nitrogen and oxygen atoms in total. The first-order valence-electron chi connectivity index (χ1n) is 6.94. The van der Waals surface area contributed by atoms with E-state index in [0.29, 0.717) is 21.6 Å². The van der Waals surface area contributed by atoms with E-state index in [1.54, 1.807) is 18.2 Å². The average Bonchev–Trinajstić information content (AvgIpc) is 2.90. The lowest BCUT2D eigenvalue weighted by Crippen LogP contribution is -2.14. The maximum atomic E-state index is 12.3. The van der Waals surface area contributed by atoms with Gasteiger partial charge < -0.3 is 5.32 Å². The molecule has 0 aliphatic carbocycles. The van der Waals surface area contributed by atoms with Crippen LogP contribution in [-0.4, -0.2) is 14.7 Å². The minimum absolute atomic E-state index is 0.0516. The van der Waals surface area contributed by atoms with Crippen LogP contribution in [0.4, 0.5) is 17.2 Å². The molecule has 0 saturated carbocycles. The lowest BCUT2D eigenvalue weighted by atomic mass is 10.3. The third-order valence-corrected chi connectivity index (χ3v) is 4.48. The Hall–Kier alpha value is -2.19. The van der Waals surface area contributed by atoms with Crippen molar-refractivity contribution in [3.63, 3.8) is 0 Å². The Bertz CT molecular complexity index is 1050. The van der Waals surface area contributed by atoms with Gasteiger partial charge in [-0.15, -0.1) is 0 Å². The number of aromatic amines is 1. The second-order valence-electron chi connectivity index (χ2n) is 5.11. The number of nitrogens with one attached hydrogen (secondary N) is 2. The molecule has 0 aliphatic rings. The predicted octanol–water partition coefficient (Wildman–Crippen LogP) is 5.43. The van der Waals surface area contributed by atoms with Crippen molar-refractivity contribution in [2.45, 2.75) is 0 Å². The van der Waals surface area contributed by atoms with E-state index < -0.39 is 10.5 Å². The number of aromatic nitrogens is 2. The van der Waals surface area contributed by atoms with Crippen LogP contribution >= 0.6 is 46.4 Å². The van der Waals surface area contributed by atoms with E-state index in [1.165, 1.54) is 6.07 Å². The molecule has 0 radical (unpaired) electrons. The monoisotopic (exact) mass is 432 g/mol. The van der Waals surface area contributed by atoms with Gasteiger partial charge in [0.05, 0.1) is 25.7 Å². The second kappa shape index (κ2) is 7.20. The zero-order valence-corrected chi connectivity index (χ0v) is 15.6. The molecule has 11 heteroatoms. The lowest BCUT2D eigenvalue weighted by molar-refractivity contribution is -0.384. The molecule has 3 aromatic rings. The summed E-state index contributed by atoms with van der Waals surface area (Å²) in [5.41, 5.74) is -0.144. The number of nitro benzene ring substituents is 1. The van der Waals surface area contributed by atoms with Crippen LogP contribution in [0.2, 0.25) is 20.1 Å². The maximum Gasteiger partial charge on any atom is 0.273 e.